The van der Waals surface area contributed by atoms with Crippen LogP contribution in [-0.2, 0) is 9.31 Å². The molecule has 0 bridgehead atoms. The van der Waals surface area contributed by atoms with Crippen molar-refractivity contribution >= 4 is 13.3 Å². The maximum Gasteiger partial charge on any atom is 0.496 e. The molecule has 1 saturated heterocycles. The van der Waals surface area contributed by atoms with E-state index in [9.17, 15) is 5.11 Å². The highest BCUT2D eigenvalue weighted by Crippen LogP contribution is 2.38. The summed E-state index contributed by atoms with van der Waals surface area (Å²) < 4.78 is 12.2. The zero-order valence-electron chi connectivity index (χ0n) is 13.9. The van der Waals surface area contributed by atoms with Crippen molar-refractivity contribution in [3.05, 3.63) is 11.5 Å². The second kappa shape index (κ2) is 6.23. The lowest BCUT2D eigenvalue weighted by Crippen LogP contribution is -2.41. The highest BCUT2D eigenvalue weighted by molar-refractivity contribution is 6.60. The predicted molar refractivity (Wildman–Crippen MR) is 86.5 cm³/mol. The van der Waals surface area contributed by atoms with Crippen LogP contribution in [0.15, 0.2) is 16.5 Å². The summed E-state index contributed by atoms with van der Waals surface area (Å²) in [6, 6.07) is 0. The third kappa shape index (κ3) is 3.96. The van der Waals surface area contributed by atoms with E-state index in [-0.39, 0.29) is 24.4 Å². The minimum absolute atomic E-state index is 0.247. The molecule has 2 unspecified atom stereocenters. The summed E-state index contributed by atoms with van der Waals surface area (Å²) in [5, 5.41) is 9.47. The first kappa shape index (κ1) is 16.7. The Bertz CT molecular complexity index is 413. The number of aliphatic imine (C=N–C) groups is 1. The molecule has 5 heteroatoms. The molecule has 4 nitrogen and oxygen atoms in total. The fourth-order valence-corrected chi connectivity index (χ4v) is 2.61. The number of aliphatic hydroxyl groups excluding tert-OH is 1. The standard InChI is InChI=1S/C16H28BNO3/c1-12(19)6-7-13-8-9-18-11-14(10-13)17-20-15(2,3)16(4,5)21-17/h10-13,19H,6-9H2,1-5H3. The molecular formula is C16H28BNO3. The summed E-state index contributed by atoms with van der Waals surface area (Å²) in [6.07, 6.45) is 6.68. The van der Waals surface area contributed by atoms with Gasteiger partial charge < -0.3 is 14.4 Å². The first-order valence-electron chi connectivity index (χ1n) is 7.96. The van der Waals surface area contributed by atoms with Gasteiger partial charge in [-0.2, -0.15) is 0 Å². The number of nitrogens with zero attached hydrogens (tertiary/aromatic N) is 1. The van der Waals surface area contributed by atoms with Crippen molar-refractivity contribution in [2.24, 2.45) is 10.9 Å². The van der Waals surface area contributed by atoms with Gasteiger partial charge in [-0.15, -0.1) is 0 Å². The molecule has 0 aromatic rings. The number of aliphatic hydroxyl groups is 1. The van der Waals surface area contributed by atoms with Crippen molar-refractivity contribution in [3.8, 4) is 0 Å². The van der Waals surface area contributed by atoms with E-state index in [4.69, 9.17) is 9.31 Å². The topological polar surface area (TPSA) is 51.0 Å². The van der Waals surface area contributed by atoms with Gasteiger partial charge in [0.05, 0.1) is 17.3 Å². The second-order valence-corrected chi connectivity index (χ2v) is 7.27. The molecule has 2 rings (SSSR count). The van der Waals surface area contributed by atoms with Crippen molar-refractivity contribution in [1.29, 1.82) is 0 Å². The van der Waals surface area contributed by atoms with Gasteiger partial charge in [0.1, 0.15) is 0 Å². The SMILES string of the molecule is CC(O)CCC1C=C(B2OC(C)(C)C(C)(C)O2)C=NCC1. The first-order valence-corrected chi connectivity index (χ1v) is 7.96. The fraction of sp³-hybridized carbons (Fsp3) is 0.812. The lowest BCUT2D eigenvalue weighted by molar-refractivity contribution is 0.00578. The Labute approximate surface area is 128 Å². The summed E-state index contributed by atoms with van der Waals surface area (Å²) in [6.45, 7) is 10.9. The lowest BCUT2D eigenvalue weighted by Gasteiger charge is -2.32. The molecule has 21 heavy (non-hydrogen) atoms. The van der Waals surface area contributed by atoms with Gasteiger partial charge in [-0.1, -0.05) is 6.08 Å². The van der Waals surface area contributed by atoms with Crippen molar-refractivity contribution < 1.29 is 14.4 Å². The summed E-state index contributed by atoms with van der Waals surface area (Å²) in [5.41, 5.74) is 0.364. The third-order valence-corrected chi connectivity index (χ3v) is 4.78. The Balaban J connectivity index is 2.10. The molecule has 0 spiro atoms. The average Bonchev–Trinajstić information content (AvgIpc) is 2.56. The number of allylic oxidation sites excluding steroid dienone is 2. The van der Waals surface area contributed by atoms with E-state index in [1.165, 1.54) is 0 Å². The minimum Gasteiger partial charge on any atom is -0.399 e. The number of rotatable bonds is 4. The molecule has 0 aromatic carbocycles. The normalized spacial score (nSPS) is 29.1. The summed E-state index contributed by atoms with van der Waals surface area (Å²) in [4.78, 5) is 4.45. The molecule has 2 aliphatic rings. The molecule has 0 amide bonds. The van der Waals surface area contributed by atoms with E-state index < -0.39 is 0 Å². The zero-order chi connectivity index (χ0) is 15.7. The quantitative estimate of drug-likeness (QED) is 0.811. The molecular weight excluding hydrogens is 265 g/mol. The Morgan fingerprint density at radius 3 is 2.52 bits per heavy atom. The van der Waals surface area contributed by atoms with Gasteiger partial charge >= 0.3 is 7.12 Å². The lowest BCUT2D eigenvalue weighted by atomic mass is 9.76. The van der Waals surface area contributed by atoms with Gasteiger partial charge in [0.15, 0.2) is 0 Å². The number of hydrogen-bond acceptors (Lipinski definition) is 4. The average molecular weight is 293 g/mol. The van der Waals surface area contributed by atoms with Crippen LogP contribution < -0.4 is 0 Å². The minimum atomic E-state index is -0.342. The Kier molecular flexibility index (Phi) is 4.96. The van der Waals surface area contributed by atoms with Crippen LogP contribution >= 0.6 is 0 Å². The van der Waals surface area contributed by atoms with Crippen molar-refractivity contribution in [2.45, 2.75) is 71.2 Å². The van der Waals surface area contributed by atoms with E-state index in [0.29, 0.717) is 5.92 Å². The molecule has 0 aliphatic carbocycles. The maximum absolute atomic E-state index is 9.47. The van der Waals surface area contributed by atoms with Crippen molar-refractivity contribution in [1.82, 2.24) is 0 Å². The summed E-state index contributed by atoms with van der Waals surface area (Å²) >= 11 is 0. The highest BCUT2D eigenvalue weighted by Gasteiger charge is 2.52. The van der Waals surface area contributed by atoms with Crippen LogP contribution in [0.4, 0.5) is 0 Å². The Morgan fingerprint density at radius 1 is 1.33 bits per heavy atom. The molecule has 2 heterocycles. The Morgan fingerprint density at radius 2 is 1.95 bits per heavy atom. The van der Waals surface area contributed by atoms with Gasteiger partial charge in [-0.3, -0.25) is 4.99 Å². The van der Waals surface area contributed by atoms with Crippen LogP contribution in [0.2, 0.25) is 0 Å². The second-order valence-electron chi connectivity index (χ2n) is 7.27. The smallest absolute Gasteiger partial charge is 0.399 e. The fourth-order valence-electron chi connectivity index (χ4n) is 2.61. The monoisotopic (exact) mass is 293 g/mol. The van der Waals surface area contributed by atoms with Crippen LogP contribution in [-0.4, -0.2) is 42.3 Å². The van der Waals surface area contributed by atoms with Crippen LogP contribution in [0.1, 0.15) is 53.9 Å². The van der Waals surface area contributed by atoms with Crippen molar-refractivity contribution in [3.63, 3.8) is 0 Å². The van der Waals surface area contributed by atoms with Gasteiger partial charge in [0, 0.05) is 12.8 Å². The molecule has 0 saturated carbocycles. The van der Waals surface area contributed by atoms with E-state index in [2.05, 4.69) is 38.8 Å². The largest absolute Gasteiger partial charge is 0.496 e. The van der Waals surface area contributed by atoms with Gasteiger partial charge in [-0.25, -0.2) is 0 Å². The Hall–Kier alpha value is -0.645. The summed E-state index contributed by atoms with van der Waals surface area (Å²) in [7, 11) is -0.342. The molecule has 1 fully saturated rings. The molecule has 0 radical (unpaired) electrons. The van der Waals surface area contributed by atoms with E-state index in [0.717, 1.165) is 31.3 Å². The molecule has 0 aromatic heterocycles. The van der Waals surface area contributed by atoms with Gasteiger partial charge in [0.2, 0.25) is 0 Å². The van der Waals surface area contributed by atoms with E-state index in [1.54, 1.807) is 0 Å². The highest BCUT2D eigenvalue weighted by atomic mass is 16.7. The van der Waals surface area contributed by atoms with Crippen LogP contribution in [0.25, 0.3) is 0 Å². The molecule has 2 atom stereocenters. The number of hydrogen-bond donors (Lipinski definition) is 1. The maximum atomic E-state index is 9.47. The molecule has 118 valence electrons. The predicted octanol–water partition coefficient (Wildman–Crippen LogP) is 2.80. The third-order valence-electron chi connectivity index (χ3n) is 4.78. The van der Waals surface area contributed by atoms with E-state index >= 15 is 0 Å². The van der Waals surface area contributed by atoms with Crippen LogP contribution in [0.3, 0.4) is 0 Å². The first-order chi connectivity index (χ1) is 9.71. The van der Waals surface area contributed by atoms with Gasteiger partial charge in [0.25, 0.3) is 0 Å². The molecule has 2 aliphatic heterocycles. The van der Waals surface area contributed by atoms with Crippen LogP contribution in [0.5, 0.6) is 0 Å². The summed E-state index contributed by atoms with van der Waals surface area (Å²) in [5.74, 6) is 0.427. The van der Waals surface area contributed by atoms with E-state index in [1.807, 2.05) is 13.1 Å². The zero-order valence-corrected chi connectivity index (χ0v) is 13.9. The van der Waals surface area contributed by atoms with Crippen molar-refractivity contribution in [2.75, 3.05) is 6.54 Å². The van der Waals surface area contributed by atoms with Crippen LogP contribution in [0, 0.1) is 5.92 Å². The van der Waals surface area contributed by atoms with Gasteiger partial charge in [-0.05, 0) is 65.3 Å². The molecule has 1 N–H and O–H groups in total.